The monoisotopic (exact) mass is 246 g/mol. The molecule has 6 heteroatoms. The number of fused-ring (bicyclic) bond motifs is 1. The van der Waals surface area contributed by atoms with Crippen molar-refractivity contribution < 1.29 is 4.74 Å². The summed E-state index contributed by atoms with van der Waals surface area (Å²) in [6.45, 7) is 0. The molecular formula is C11H10N4OS. The van der Waals surface area contributed by atoms with Crippen molar-refractivity contribution in [1.82, 2.24) is 14.8 Å². The smallest absolute Gasteiger partial charge is 0.165 e. The van der Waals surface area contributed by atoms with Gasteiger partial charge in [-0.15, -0.1) is 11.3 Å². The maximum atomic E-state index is 6.01. The molecule has 0 amide bonds. The molecule has 17 heavy (non-hydrogen) atoms. The fraction of sp³-hybridized carbons (Fsp3) is 0.0909. The number of ether oxygens (including phenoxy) is 1. The van der Waals surface area contributed by atoms with Crippen molar-refractivity contribution in [1.29, 1.82) is 0 Å². The molecule has 3 aromatic rings. The van der Waals surface area contributed by atoms with Crippen LogP contribution in [0.25, 0.3) is 10.2 Å². The first-order valence-corrected chi connectivity index (χ1v) is 5.90. The molecule has 0 atom stereocenters. The van der Waals surface area contributed by atoms with Gasteiger partial charge in [0.25, 0.3) is 0 Å². The summed E-state index contributed by atoms with van der Waals surface area (Å²) >= 11 is 1.56. The normalized spacial score (nSPS) is 10.9. The molecule has 0 aliphatic carbocycles. The van der Waals surface area contributed by atoms with Gasteiger partial charge in [-0.25, -0.2) is 4.98 Å². The zero-order chi connectivity index (χ0) is 11.8. The highest BCUT2D eigenvalue weighted by atomic mass is 32.1. The zero-order valence-electron chi connectivity index (χ0n) is 9.12. The summed E-state index contributed by atoms with van der Waals surface area (Å²) in [4.78, 5) is 4.22. The number of hydrogen-bond donors (Lipinski definition) is 1. The lowest BCUT2D eigenvalue weighted by Gasteiger charge is -2.06. The molecule has 0 aliphatic rings. The van der Waals surface area contributed by atoms with Gasteiger partial charge in [-0.2, -0.15) is 5.10 Å². The van der Waals surface area contributed by atoms with Gasteiger partial charge in [0.1, 0.15) is 11.2 Å². The molecule has 86 valence electrons. The van der Waals surface area contributed by atoms with Gasteiger partial charge in [0, 0.05) is 7.05 Å². The number of benzene rings is 1. The van der Waals surface area contributed by atoms with Crippen molar-refractivity contribution in [2.24, 2.45) is 7.05 Å². The molecule has 0 saturated carbocycles. The Morgan fingerprint density at radius 3 is 3.06 bits per heavy atom. The Morgan fingerprint density at radius 1 is 1.41 bits per heavy atom. The van der Waals surface area contributed by atoms with Crippen molar-refractivity contribution in [3.8, 4) is 11.5 Å². The van der Waals surface area contributed by atoms with E-state index in [4.69, 9.17) is 10.5 Å². The molecular weight excluding hydrogens is 236 g/mol. The number of rotatable bonds is 2. The van der Waals surface area contributed by atoms with Crippen molar-refractivity contribution in [3.63, 3.8) is 0 Å². The highest BCUT2D eigenvalue weighted by Crippen LogP contribution is 2.34. The quantitative estimate of drug-likeness (QED) is 0.705. The minimum atomic E-state index is 0.563. The summed E-state index contributed by atoms with van der Waals surface area (Å²) in [6.07, 6.45) is 3.43. The SMILES string of the molecule is Cn1cc(Oc2ccc3scnc3c2N)cn1. The number of thiazole rings is 1. The molecule has 5 nitrogen and oxygen atoms in total. The first-order valence-electron chi connectivity index (χ1n) is 5.02. The van der Waals surface area contributed by atoms with Gasteiger partial charge in [-0.05, 0) is 12.1 Å². The van der Waals surface area contributed by atoms with Gasteiger partial charge in [0.15, 0.2) is 11.5 Å². The van der Waals surface area contributed by atoms with E-state index < -0.39 is 0 Å². The van der Waals surface area contributed by atoms with E-state index in [2.05, 4.69) is 10.1 Å². The molecule has 0 aliphatic heterocycles. The number of nitrogens with zero attached hydrogens (tertiary/aromatic N) is 3. The van der Waals surface area contributed by atoms with Crippen molar-refractivity contribution in [2.45, 2.75) is 0 Å². The van der Waals surface area contributed by atoms with Gasteiger partial charge < -0.3 is 10.5 Å². The summed E-state index contributed by atoms with van der Waals surface area (Å²) in [5, 5.41) is 4.03. The Kier molecular flexibility index (Phi) is 2.22. The molecule has 3 rings (SSSR count). The van der Waals surface area contributed by atoms with Crippen LogP contribution >= 0.6 is 11.3 Å². The van der Waals surface area contributed by atoms with E-state index in [-0.39, 0.29) is 0 Å². The number of aryl methyl sites for hydroxylation is 1. The molecule has 1 aromatic carbocycles. The van der Waals surface area contributed by atoms with Gasteiger partial charge in [0.05, 0.1) is 22.6 Å². The van der Waals surface area contributed by atoms with E-state index in [1.54, 1.807) is 33.9 Å². The number of nitrogen functional groups attached to an aromatic ring is 1. The second-order valence-electron chi connectivity index (χ2n) is 3.63. The lowest BCUT2D eigenvalue weighted by Crippen LogP contribution is -1.92. The number of anilines is 1. The molecule has 2 N–H and O–H groups in total. The molecule has 2 aromatic heterocycles. The van der Waals surface area contributed by atoms with Gasteiger partial charge in [-0.1, -0.05) is 0 Å². The topological polar surface area (TPSA) is 66.0 Å². The van der Waals surface area contributed by atoms with Gasteiger partial charge in [0.2, 0.25) is 0 Å². The van der Waals surface area contributed by atoms with E-state index in [1.807, 2.05) is 19.2 Å². The third-order valence-corrected chi connectivity index (χ3v) is 3.20. The average molecular weight is 246 g/mol. The summed E-state index contributed by atoms with van der Waals surface area (Å²) in [5.41, 5.74) is 9.13. The maximum Gasteiger partial charge on any atom is 0.165 e. The Hall–Kier alpha value is -2.08. The van der Waals surface area contributed by atoms with E-state index >= 15 is 0 Å². The van der Waals surface area contributed by atoms with Crippen LogP contribution in [-0.2, 0) is 7.05 Å². The fourth-order valence-electron chi connectivity index (χ4n) is 1.60. The minimum absolute atomic E-state index is 0.563. The van der Waals surface area contributed by atoms with Crippen LogP contribution in [0.5, 0.6) is 11.5 Å². The third-order valence-electron chi connectivity index (χ3n) is 2.41. The van der Waals surface area contributed by atoms with Crippen LogP contribution in [-0.4, -0.2) is 14.8 Å². The Bertz CT molecular complexity index is 673. The predicted molar refractivity (Wildman–Crippen MR) is 67.3 cm³/mol. The van der Waals surface area contributed by atoms with Crippen LogP contribution in [0.4, 0.5) is 5.69 Å². The van der Waals surface area contributed by atoms with Crippen LogP contribution in [0.15, 0.2) is 30.0 Å². The Morgan fingerprint density at radius 2 is 2.29 bits per heavy atom. The standard InChI is InChI=1S/C11H10N4OS/c1-15-5-7(4-14-15)16-8-2-3-9-11(10(8)12)13-6-17-9/h2-6H,12H2,1H3. The first kappa shape index (κ1) is 10.1. The van der Waals surface area contributed by atoms with Crippen molar-refractivity contribution >= 4 is 27.2 Å². The zero-order valence-corrected chi connectivity index (χ0v) is 9.94. The van der Waals surface area contributed by atoms with Crippen LogP contribution in [0.3, 0.4) is 0 Å². The second-order valence-corrected chi connectivity index (χ2v) is 4.51. The lowest BCUT2D eigenvalue weighted by atomic mass is 10.2. The maximum absolute atomic E-state index is 6.01. The fourth-order valence-corrected chi connectivity index (χ4v) is 2.29. The molecule has 0 bridgehead atoms. The summed E-state index contributed by atoms with van der Waals surface area (Å²) < 4.78 is 8.39. The van der Waals surface area contributed by atoms with E-state index in [9.17, 15) is 0 Å². The lowest BCUT2D eigenvalue weighted by molar-refractivity contribution is 0.485. The third kappa shape index (κ3) is 1.72. The summed E-state index contributed by atoms with van der Waals surface area (Å²) in [7, 11) is 1.83. The molecule has 0 fully saturated rings. The molecule has 0 spiro atoms. The van der Waals surface area contributed by atoms with Crippen molar-refractivity contribution in [3.05, 3.63) is 30.0 Å². The largest absolute Gasteiger partial charge is 0.452 e. The number of nitrogens with two attached hydrogens (primary N) is 1. The minimum Gasteiger partial charge on any atom is -0.452 e. The summed E-state index contributed by atoms with van der Waals surface area (Å²) in [5.74, 6) is 1.27. The number of hydrogen-bond acceptors (Lipinski definition) is 5. The van der Waals surface area contributed by atoms with Crippen molar-refractivity contribution in [2.75, 3.05) is 5.73 Å². The first-order chi connectivity index (χ1) is 8.24. The van der Waals surface area contributed by atoms with Crippen LogP contribution < -0.4 is 10.5 Å². The van der Waals surface area contributed by atoms with E-state index in [1.165, 1.54) is 0 Å². The van der Waals surface area contributed by atoms with Crippen LogP contribution in [0.1, 0.15) is 0 Å². The predicted octanol–water partition coefficient (Wildman–Crippen LogP) is 2.40. The highest BCUT2D eigenvalue weighted by Gasteiger charge is 2.09. The van der Waals surface area contributed by atoms with Crippen LogP contribution in [0, 0.1) is 0 Å². The highest BCUT2D eigenvalue weighted by molar-refractivity contribution is 7.16. The second kappa shape index (κ2) is 3.74. The van der Waals surface area contributed by atoms with Gasteiger partial charge >= 0.3 is 0 Å². The molecule has 0 saturated heterocycles. The average Bonchev–Trinajstić information content (AvgIpc) is 2.92. The van der Waals surface area contributed by atoms with Gasteiger partial charge in [-0.3, -0.25) is 4.68 Å². The number of aromatic nitrogens is 3. The van der Waals surface area contributed by atoms with Crippen LogP contribution in [0.2, 0.25) is 0 Å². The molecule has 0 radical (unpaired) electrons. The molecule has 2 heterocycles. The summed E-state index contributed by atoms with van der Waals surface area (Å²) in [6, 6.07) is 3.80. The Balaban J connectivity index is 2.02. The van der Waals surface area contributed by atoms with E-state index in [0.29, 0.717) is 17.2 Å². The molecule has 0 unspecified atom stereocenters. The van der Waals surface area contributed by atoms with E-state index in [0.717, 1.165) is 10.2 Å². The Labute approximate surface area is 101 Å².